The van der Waals surface area contributed by atoms with Crippen LogP contribution >= 0.6 is 0 Å². The summed E-state index contributed by atoms with van der Waals surface area (Å²) >= 11 is 0. The quantitative estimate of drug-likeness (QED) is 0.682. The summed E-state index contributed by atoms with van der Waals surface area (Å²) in [6.45, 7) is 3.29. The summed E-state index contributed by atoms with van der Waals surface area (Å²) in [7, 11) is 1.75. The van der Waals surface area contributed by atoms with E-state index in [9.17, 15) is 18.4 Å². The van der Waals surface area contributed by atoms with Crippen LogP contribution in [0.3, 0.4) is 0 Å². The van der Waals surface area contributed by atoms with Crippen molar-refractivity contribution in [3.05, 3.63) is 52.9 Å². The largest absolute Gasteiger partial charge is 0.339 e. The van der Waals surface area contributed by atoms with Gasteiger partial charge >= 0.3 is 0 Å². The van der Waals surface area contributed by atoms with Crippen LogP contribution in [-0.2, 0) is 16.1 Å². The molecule has 1 spiro atoms. The predicted octanol–water partition coefficient (Wildman–Crippen LogP) is 2.96. The fraction of sp³-hybridized carbons (Fsp3) is 0.455. The zero-order chi connectivity index (χ0) is 22.2. The molecule has 1 aliphatic heterocycles. The molecule has 1 aromatic heterocycles. The SMILES string of the molecule is Cc1nonc1CN(C)C(=O)[C@@H]1CC12CCN(C(=O)/C=C/c1ccc(F)c(F)c1)CC2. The molecule has 9 heteroatoms. The molecule has 164 valence electrons. The Hall–Kier alpha value is -3.10. The minimum absolute atomic E-state index is 0.0346. The van der Waals surface area contributed by atoms with Gasteiger partial charge in [-0.15, -0.1) is 0 Å². The van der Waals surface area contributed by atoms with Crippen LogP contribution in [0.15, 0.2) is 28.9 Å². The number of carbonyl (C=O) groups is 2. The van der Waals surface area contributed by atoms with Crippen molar-refractivity contribution in [2.75, 3.05) is 20.1 Å². The van der Waals surface area contributed by atoms with Gasteiger partial charge < -0.3 is 9.80 Å². The van der Waals surface area contributed by atoms with E-state index in [4.69, 9.17) is 0 Å². The monoisotopic (exact) mass is 430 g/mol. The third kappa shape index (κ3) is 4.35. The maximum atomic E-state index is 13.3. The van der Waals surface area contributed by atoms with Crippen molar-refractivity contribution in [2.45, 2.75) is 32.7 Å². The molecule has 1 atom stereocenters. The van der Waals surface area contributed by atoms with Crippen LogP contribution in [-0.4, -0.2) is 52.1 Å². The van der Waals surface area contributed by atoms with Crippen LogP contribution in [0, 0.1) is 29.9 Å². The summed E-state index contributed by atoms with van der Waals surface area (Å²) in [6.07, 6.45) is 5.23. The van der Waals surface area contributed by atoms with Crippen molar-refractivity contribution in [1.29, 1.82) is 0 Å². The molecule has 0 bridgehead atoms. The number of halogens is 2. The Bertz CT molecular complexity index is 1030. The van der Waals surface area contributed by atoms with Gasteiger partial charge in [-0.2, -0.15) is 0 Å². The number of nitrogens with zero attached hydrogens (tertiary/aromatic N) is 4. The first-order chi connectivity index (χ1) is 14.8. The lowest BCUT2D eigenvalue weighted by molar-refractivity contribution is -0.133. The summed E-state index contributed by atoms with van der Waals surface area (Å²) in [5.41, 5.74) is 1.71. The van der Waals surface area contributed by atoms with Crippen molar-refractivity contribution < 1.29 is 23.0 Å². The molecule has 2 aliphatic rings. The normalized spacial score (nSPS) is 19.7. The molecule has 0 unspecified atom stereocenters. The molecular weight excluding hydrogens is 406 g/mol. The van der Waals surface area contributed by atoms with E-state index >= 15 is 0 Å². The smallest absolute Gasteiger partial charge is 0.246 e. The van der Waals surface area contributed by atoms with Gasteiger partial charge in [0, 0.05) is 32.1 Å². The van der Waals surface area contributed by atoms with Gasteiger partial charge in [-0.05, 0) is 55.4 Å². The van der Waals surface area contributed by atoms with E-state index in [0.29, 0.717) is 36.6 Å². The molecule has 7 nitrogen and oxygen atoms in total. The standard InChI is InChI=1S/C22H24F2N4O3/c1-14-19(26-31-25-14)13-27(2)21(30)16-12-22(16)7-9-28(10-8-22)20(29)6-4-15-3-5-17(23)18(24)11-15/h3-6,11,16H,7-10,12-13H2,1-2H3/b6-4+/t16-/m0/s1. The van der Waals surface area contributed by atoms with Crippen LogP contribution in [0.2, 0.25) is 0 Å². The lowest BCUT2D eigenvalue weighted by Crippen LogP contribution is -2.40. The number of carbonyl (C=O) groups excluding carboxylic acids is 2. The van der Waals surface area contributed by atoms with Crippen molar-refractivity contribution in [3.8, 4) is 0 Å². The van der Waals surface area contributed by atoms with Gasteiger partial charge in [-0.25, -0.2) is 13.4 Å². The van der Waals surface area contributed by atoms with E-state index in [1.54, 1.807) is 23.8 Å². The lowest BCUT2D eigenvalue weighted by Gasteiger charge is -2.32. The van der Waals surface area contributed by atoms with E-state index in [1.165, 1.54) is 18.2 Å². The van der Waals surface area contributed by atoms with Gasteiger partial charge in [-0.1, -0.05) is 16.4 Å². The molecule has 2 amide bonds. The predicted molar refractivity (Wildman–Crippen MR) is 107 cm³/mol. The van der Waals surface area contributed by atoms with E-state index in [0.717, 1.165) is 31.4 Å². The molecule has 0 radical (unpaired) electrons. The number of aryl methyl sites for hydroxylation is 1. The molecule has 1 aliphatic carbocycles. The van der Waals surface area contributed by atoms with Crippen molar-refractivity contribution >= 4 is 17.9 Å². The Balaban J connectivity index is 1.29. The van der Waals surface area contributed by atoms with Gasteiger partial charge in [0.25, 0.3) is 0 Å². The van der Waals surface area contributed by atoms with E-state index < -0.39 is 11.6 Å². The first-order valence-electron chi connectivity index (χ1n) is 10.2. The molecular formula is C22H24F2N4O3. The molecule has 2 fully saturated rings. The van der Waals surface area contributed by atoms with Crippen LogP contribution in [0.1, 0.15) is 36.2 Å². The number of aromatic nitrogens is 2. The van der Waals surface area contributed by atoms with Crippen molar-refractivity contribution in [1.82, 2.24) is 20.1 Å². The van der Waals surface area contributed by atoms with Crippen LogP contribution in [0.25, 0.3) is 6.08 Å². The topological polar surface area (TPSA) is 79.5 Å². The highest BCUT2D eigenvalue weighted by molar-refractivity contribution is 5.92. The number of piperidine rings is 1. The van der Waals surface area contributed by atoms with Crippen LogP contribution in [0.4, 0.5) is 8.78 Å². The number of rotatable bonds is 5. The third-order valence-corrected chi connectivity index (χ3v) is 6.43. The Kier molecular flexibility index (Phi) is 5.60. The Morgan fingerprint density at radius 3 is 2.65 bits per heavy atom. The summed E-state index contributed by atoms with van der Waals surface area (Å²) in [5.74, 6) is -1.99. The minimum atomic E-state index is -0.945. The number of hydrogen-bond donors (Lipinski definition) is 0. The van der Waals surface area contributed by atoms with Gasteiger partial charge in [0.2, 0.25) is 11.8 Å². The summed E-state index contributed by atoms with van der Waals surface area (Å²) in [4.78, 5) is 28.7. The van der Waals surface area contributed by atoms with Crippen molar-refractivity contribution in [3.63, 3.8) is 0 Å². The zero-order valence-electron chi connectivity index (χ0n) is 17.5. The zero-order valence-corrected chi connectivity index (χ0v) is 17.5. The lowest BCUT2D eigenvalue weighted by atomic mass is 9.90. The Morgan fingerprint density at radius 2 is 2.00 bits per heavy atom. The van der Waals surface area contributed by atoms with Crippen molar-refractivity contribution in [2.24, 2.45) is 11.3 Å². The number of amides is 2. The highest BCUT2D eigenvalue weighted by Gasteiger charge is 2.59. The number of hydrogen-bond acceptors (Lipinski definition) is 5. The second-order valence-corrected chi connectivity index (χ2v) is 8.44. The summed E-state index contributed by atoms with van der Waals surface area (Å²) in [5, 5.41) is 7.57. The average Bonchev–Trinajstić information content (AvgIpc) is 3.30. The summed E-state index contributed by atoms with van der Waals surface area (Å²) < 4.78 is 31.0. The van der Waals surface area contributed by atoms with Gasteiger partial charge in [-0.3, -0.25) is 9.59 Å². The van der Waals surface area contributed by atoms with E-state index in [2.05, 4.69) is 14.9 Å². The van der Waals surface area contributed by atoms with Gasteiger partial charge in [0.05, 0.1) is 6.54 Å². The average molecular weight is 430 g/mol. The molecule has 31 heavy (non-hydrogen) atoms. The van der Waals surface area contributed by atoms with Crippen LogP contribution < -0.4 is 0 Å². The highest BCUT2D eigenvalue weighted by Crippen LogP contribution is 2.60. The second-order valence-electron chi connectivity index (χ2n) is 8.44. The molecule has 0 N–H and O–H groups in total. The van der Waals surface area contributed by atoms with Gasteiger partial charge in [0.15, 0.2) is 11.6 Å². The highest BCUT2D eigenvalue weighted by atomic mass is 19.2. The minimum Gasteiger partial charge on any atom is -0.339 e. The Morgan fingerprint density at radius 1 is 1.26 bits per heavy atom. The molecule has 1 saturated carbocycles. The number of benzene rings is 1. The second kappa shape index (κ2) is 8.20. The molecule has 2 heterocycles. The summed E-state index contributed by atoms with van der Waals surface area (Å²) in [6, 6.07) is 3.50. The third-order valence-electron chi connectivity index (χ3n) is 6.43. The maximum Gasteiger partial charge on any atom is 0.246 e. The Labute approximate surface area is 178 Å². The fourth-order valence-corrected chi connectivity index (χ4v) is 4.27. The van der Waals surface area contributed by atoms with Gasteiger partial charge in [0.1, 0.15) is 11.4 Å². The van der Waals surface area contributed by atoms with Crippen LogP contribution in [0.5, 0.6) is 0 Å². The molecule has 2 aromatic rings. The maximum absolute atomic E-state index is 13.3. The number of likely N-dealkylation sites (tertiary alicyclic amines) is 1. The van der Waals surface area contributed by atoms with E-state index in [1.807, 2.05) is 0 Å². The first-order valence-corrected chi connectivity index (χ1v) is 10.2. The molecule has 1 aromatic carbocycles. The molecule has 4 rings (SSSR count). The first kappa shape index (κ1) is 21.1. The fourth-order valence-electron chi connectivity index (χ4n) is 4.27. The van der Waals surface area contributed by atoms with E-state index in [-0.39, 0.29) is 23.1 Å². The molecule has 1 saturated heterocycles.